The normalized spacial score (nSPS) is 17.0. The lowest BCUT2D eigenvalue weighted by atomic mass is 9.87. The summed E-state index contributed by atoms with van der Waals surface area (Å²) in [6.45, 7) is 0. The highest BCUT2D eigenvalue weighted by molar-refractivity contribution is 6.08. The molecule has 5 nitrogen and oxygen atoms in total. The van der Waals surface area contributed by atoms with Crippen LogP contribution in [0.15, 0.2) is 64.4 Å². The number of fused-ring (bicyclic) bond motifs is 3. The maximum atomic E-state index is 14.3. The highest BCUT2D eigenvalue weighted by Crippen LogP contribution is 2.42. The van der Waals surface area contributed by atoms with Crippen molar-refractivity contribution in [2.24, 2.45) is 5.73 Å². The summed E-state index contributed by atoms with van der Waals surface area (Å²) in [6.07, 6.45) is 0. The number of nitriles is 1. The molecule has 0 saturated heterocycles. The summed E-state index contributed by atoms with van der Waals surface area (Å²) >= 11 is 0. The van der Waals surface area contributed by atoms with Gasteiger partial charge in [-0.05, 0) is 18.2 Å². The standard InChI is InChI=1S/C19H11FN2O3/c20-13-7-3-1-5-10(13)15-12(9-21)19(22)25-17-11-6-2-4-8-14(11)24-18(17)16(15)23/h1-8,15H,22H2. The number of nitrogens with two attached hydrogens (primary N) is 1. The van der Waals surface area contributed by atoms with E-state index in [1.54, 1.807) is 30.3 Å². The molecule has 1 aliphatic rings. The average Bonchev–Trinajstić information content (AvgIpc) is 2.94. The second-order valence-electron chi connectivity index (χ2n) is 5.57. The second-order valence-corrected chi connectivity index (χ2v) is 5.57. The van der Waals surface area contributed by atoms with Crippen LogP contribution in [0.5, 0.6) is 5.75 Å². The summed E-state index contributed by atoms with van der Waals surface area (Å²) in [5, 5.41) is 10.0. The minimum Gasteiger partial charge on any atom is -0.449 e. The molecule has 0 saturated carbocycles. The molecule has 3 aromatic rings. The highest BCUT2D eigenvalue weighted by atomic mass is 19.1. The molecule has 0 bridgehead atoms. The van der Waals surface area contributed by atoms with Crippen LogP contribution in [-0.4, -0.2) is 5.78 Å². The van der Waals surface area contributed by atoms with Crippen LogP contribution >= 0.6 is 0 Å². The molecule has 4 rings (SSSR count). The first-order valence-electron chi connectivity index (χ1n) is 7.49. The van der Waals surface area contributed by atoms with Crippen molar-refractivity contribution in [2.75, 3.05) is 0 Å². The molecule has 2 heterocycles. The van der Waals surface area contributed by atoms with Crippen molar-refractivity contribution in [2.45, 2.75) is 5.92 Å². The Morgan fingerprint density at radius 3 is 2.60 bits per heavy atom. The summed E-state index contributed by atoms with van der Waals surface area (Å²) < 4.78 is 25.5. The number of rotatable bonds is 1. The molecule has 122 valence electrons. The van der Waals surface area contributed by atoms with Crippen LogP contribution in [0, 0.1) is 17.1 Å². The van der Waals surface area contributed by atoms with E-state index in [4.69, 9.17) is 14.9 Å². The SMILES string of the molecule is N#CC1=C(N)Oc2c(oc3ccccc23)C(=O)C1c1ccccc1F. The molecule has 0 spiro atoms. The van der Waals surface area contributed by atoms with E-state index < -0.39 is 17.5 Å². The minimum absolute atomic E-state index is 0.0453. The Balaban J connectivity index is 2.01. The fourth-order valence-electron chi connectivity index (χ4n) is 2.98. The van der Waals surface area contributed by atoms with E-state index in [9.17, 15) is 14.4 Å². The van der Waals surface area contributed by atoms with E-state index in [-0.39, 0.29) is 28.5 Å². The number of carbonyl (C=O) groups excluding carboxylic acids is 1. The third kappa shape index (κ3) is 2.17. The zero-order valence-electron chi connectivity index (χ0n) is 12.8. The van der Waals surface area contributed by atoms with Crippen LogP contribution in [0.25, 0.3) is 11.0 Å². The zero-order valence-corrected chi connectivity index (χ0v) is 12.8. The Morgan fingerprint density at radius 1 is 1.12 bits per heavy atom. The lowest BCUT2D eigenvalue weighted by Gasteiger charge is -2.13. The van der Waals surface area contributed by atoms with Crippen LogP contribution in [0.1, 0.15) is 22.0 Å². The predicted octanol–water partition coefficient (Wildman–Crippen LogP) is 3.62. The Bertz CT molecular complexity index is 1090. The van der Waals surface area contributed by atoms with Crippen molar-refractivity contribution in [3.05, 3.63) is 77.1 Å². The van der Waals surface area contributed by atoms with Gasteiger partial charge in [-0.15, -0.1) is 0 Å². The molecule has 0 radical (unpaired) electrons. The van der Waals surface area contributed by atoms with Crippen LogP contribution in [0.4, 0.5) is 4.39 Å². The number of hydrogen-bond donors (Lipinski definition) is 1. The number of nitrogens with zero attached hydrogens (tertiary/aromatic N) is 1. The number of hydrogen-bond acceptors (Lipinski definition) is 5. The highest BCUT2D eigenvalue weighted by Gasteiger charge is 2.38. The van der Waals surface area contributed by atoms with E-state index in [1.807, 2.05) is 6.07 Å². The predicted molar refractivity (Wildman–Crippen MR) is 87.1 cm³/mol. The number of halogens is 1. The fraction of sp³-hybridized carbons (Fsp3) is 0.0526. The number of carbonyl (C=O) groups is 1. The Kier molecular flexibility index (Phi) is 3.29. The van der Waals surface area contributed by atoms with Gasteiger partial charge in [0.1, 0.15) is 23.0 Å². The number of para-hydroxylation sites is 1. The molecule has 0 fully saturated rings. The van der Waals surface area contributed by atoms with Gasteiger partial charge in [-0.3, -0.25) is 4.79 Å². The van der Waals surface area contributed by atoms with Gasteiger partial charge in [0, 0.05) is 5.56 Å². The second kappa shape index (κ2) is 5.49. The number of benzene rings is 2. The van der Waals surface area contributed by atoms with Crippen molar-refractivity contribution in [1.82, 2.24) is 0 Å². The summed E-state index contributed by atoms with van der Waals surface area (Å²) in [5.74, 6) is -2.59. The van der Waals surface area contributed by atoms with Gasteiger partial charge in [-0.2, -0.15) is 5.26 Å². The Labute approximate surface area is 141 Å². The minimum atomic E-state index is -1.23. The van der Waals surface area contributed by atoms with Crippen molar-refractivity contribution in [3.8, 4) is 11.8 Å². The van der Waals surface area contributed by atoms with Crippen LogP contribution in [0.2, 0.25) is 0 Å². The molecule has 1 atom stereocenters. The van der Waals surface area contributed by atoms with Gasteiger partial charge >= 0.3 is 0 Å². The fourth-order valence-corrected chi connectivity index (χ4v) is 2.98. The average molecular weight is 334 g/mol. The molecule has 1 aliphatic heterocycles. The van der Waals surface area contributed by atoms with Gasteiger partial charge in [-0.1, -0.05) is 30.3 Å². The summed E-state index contributed by atoms with van der Waals surface area (Å²) in [7, 11) is 0. The summed E-state index contributed by atoms with van der Waals surface area (Å²) in [4.78, 5) is 13.1. The van der Waals surface area contributed by atoms with E-state index in [2.05, 4.69) is 0 Å². The van der Waals surface area contributed by atoms with Gasteiger partial charge in [0.05, 0.1) is 11.3 Å². The molecule has 25 heavy (non-hydrogen) atoms. The van der Waals surface area contributed by atoms with Gasteiger partial charge in [0.15, 0.2) is 5.75 Å². The Morgan fingerprint density at radius 2 is 1.84 bits per heavy atom. The topological polar surface area (TPSA) is 89.2 Å². The first-order chi connectivity index (χ1) is 12.1. The Hall–Kier alpha value is -3.59. The van der Waals surface area contributed by atoms with Crippen molar-refractivity contribution >= 4 is 16.8 Å². The molecular weight excluding hydrogens is 323 g/mol. The largest absolute Gasteiger partial charge is 0.449 e. The number of furan rings is 1. The maximum Gasteiger partial charge on any atom is 0.214 e. The number of ether oxygens (including phenoxy) is 1. The maximum absolute atomic E-state index is 14.3. The monoisotopic (exact) mass is 334 g/mol. The van der Waals surface area contributed by atoms with Gasteiger partial charge in [0.25, 0.3) is 0 Å². The molecule has 0 amide bonds. The number of Topliss-reactive ketones (excluding diaryl/α,β-unsaturated/α-hetero) is 1. The third-order valence-corrected chi connectivity index (χ3v) is 4.14. The quantitative estimate of drug-likeness (QED) is 0.734. The smallest absolute Gasteiger partial charge is 0.214 e. The number of ketones is 1. The van der Waals surface area contributed by atoms with Gasteiger partial charge in [-0.25, -0.2) is 4.39 Å². The van der Waals surface area contributed by atoms with Crippen molar-refractivity contribution < 1.29 is 18.3 Å². The van der Waals surface area contributed by atoms with Crippen LogP contribution in [0.3, 0.4) is 0 Å². The molecule has 1 aromatic heterocycles. The molecule has 6 heteroatoms. The first kappa shape index (κ1) is 15.0. The van der Waals surface area contributed by atoms with E-state index in [0.717, 1.165) is 0 Å². The molecule has 2 N–H and O–H groups in total. The zero-order chi connectivity index (χ0) is 17.6. The first-order valence-corrected chi connectivity index (χ1v) is 7.49. The summed E-state index contributed by atoms with van der Waals surface area (Å²) in [5.41, 5.74) is 6.26. The van der Waals surface area contributed by atoms with Crippen molar-refractivity contribution in [3.63, 3.8) is 0 Å². The molecule has 0 aliphatic carbocycles. The number of allylic oxidation sites excluding steroid dienone is 1. The van der Waals surface area contributed by atoms with E-state index in [1.165, 1.54) is 18.2 Å². The molecular formula is C19H11FN2O3. The molecule has 1 unspecified atom stereocenters. The lowest BCUT2D eigenvalue weighted by molar-refractivity contribution is 0.0947. The van der Waals surface area contributed by atoms with E-state index in [0.29, 0.717) is 11.0 Å². The van der Waals surface area contributed by atoms with E-state index >= 15 is 0 Å². The lowest BCUT2D eigenvalue weighted by Crippen LogP contribution is -2.18. The molecule has 2 aromatic carbocycles. The third-order valence-electron chi connectivity index (χ3n) is 4.14. The van der Waals surface area contributed by atoms with Crippen LogP contribution in [-0.2, 0) is 0 Å². The van der Waals surface area contributed by atoms with Gasteiger partial charge in [0.2, 0.25) is 17.4 Å². The summed E-state index contributed by atoms with van der Waals surface area (Å²) in [6, 6.07) is 14.5. The van der Waals surface area contributed by atoms with Crippen LogP contribution < -0.4 is 10.5 Å². The van der Waals surface area contributed by atoms with Gasteiger partial charge < -0.3 is 14.9 Å². The van der Waals surface area contributed by atoms with Crippen molar-refractivity contribution in [1.29, 1.82) is 5.26 Å².